The summed E-state index contributed by atoms with van der Waals surface area (Å²) in [5.41, 5.74) is 3.04. The molecule has 0 saturated heterocycles. The van der Waals surface area contributed by atoms with Crippen molar-refractivity contribution < 1.29 is 0 Å². The Hall–Kier alpha value is -1.39. The van der Waals surface area contributed by atoms with E-state index >= 15 is 0 Å². The highest BCUT2D eigenvalue weighted by atomic mass is 35.5. The molecule has 0 aromatic carbocycles. The van der Waals surface area contributed by atoms with Crippen molar-refractivity contribution in [3.63, 3.8) is 0 Å². The summed E-state index contributed by atoms with van der Waals surface area (Å²) >= 11 is 7.95. The van der Waals surface area contributed by atoms with Crippen molar-refractivity contribution in [1.29, 1.82) is 0 Å². The lowest BCUT2D eigenvalue weighted by Gasteiger charge is -2.15. The first-order chi connectivity index (χ1) is 10.1. The van der Waals surface area contributed by atoms with Gasteiger partial charge >= 0.3 is 0 Å². The molecule has 5 heteroatoms. The predicted molar refractivity (Wildman–Crippen MR) is 89.3 cm³/mol. The monoisotopic (exact) mass is 319 g/mol. The highest BCUT2D eigenvalue weighted by Gasteiger charge is 2.18. The second-order valence-corrected chi connectivity index (χ2v) is 7.04. The molecule has 0 aliphatic heterocycles. The zero-order chi connectivity index (χ0) is 15.0. The Bertz CT molecular complexity index is 775. The summed E-state index contributed by atoms with van der Waals surface area (Å²) in [5, 5.41) is 0. The maximum absolute atomic E-state index is 6.10. The normalized spacial score (nSPS) is 13.0. The van der Waals surface area contributed by atoms with Crippen LogP contribution in [0.4, 0.5) is 0 Å². The molecule has 0 N–H and O–H groups in total. The largest absolute Gasteiger partial charge is 0.308 e. The minimum Gasteiger partial charge on any atom is -0.308 e. The first kappa shape index (κ1) is 14.5. The fraction of sp³-hybridized carbons (Fsp3) is 0.375. The van der Waals surface area contributed by atoms with Crippen molar-refractivity contribution in [3.8, 4) is 0 Å². The molecule has 1 atom stereocenters. The Morgan fingerprint density at radius 3 is 2.76 bits per heavy atom. The lowest BCUT2D eigenvalue weighted by Crippen LogP contribution is -2.11. The summed E-state index contributed by atoms with van der Waals surface area (Å²) in [5.74, 6) is 1.30. The van der Waals surface area contributed by atoms with Gasteiger partial charge in [-0.2, -0.15) is 0 Å². The fourth-order valence-corrected chi connectivity index (χ4v) is 3.89. The zero-order valence-corrected chi connectivity index (χ0v) is 14.0. The van der Waals surface area contributed by atoms with Gasteiger partial charge in [0.1, 0.15) is 11.3 Å². The number of rotatable bonds is 4. The minimum atomic E-state index is 0.288. The molecule has 3 aromatic rings. The Morgan fingerprint density at radius 1 is 1.29 bits per heavy atom. The van der Waals surface area contributed by atoms with E-state index in [2.05, 4.69) is 47.4 Å². The average Bonchev–Trinajstić information content (AvgIpc) is 3.03. The van der Waals surface area contributed by atoms with E-state index in [1.807, 2.05) is 23.6 Å². The van der Waals surface area contributed by atoms with Crippen LogP contribution in [0.15, 0.2) is 24.4 Å². The molecule has 0 amide bonds. The molecular formula is C16H18ClN3S. The number of aromatic nitrogens is 3. The number of halogens is 1. The smallest absolute Gasteiger partial charge is 0.160 e. The highest BCUT2D eigenvalue weighted by molar-refractivity contribution is 7.11. The van der Waals surface area contributed by atoms with Gasteiger partial charge in [-0.05, 0) is 44.5 Å². The molecule has 110 valence electrons. The van der Waals surface area contributed by atoms with Crippen molar-refractivity contribution >= 4 is 34.1 Å². The van der Waals surface area contributed by atoms with E-state index in [-0.39, 0.29) is 6.04 Å². The third-order valence-electron chi connectivity index (χ3n) is 3.71. The molecule has 0 fully saturated rings. The van der Waals surface area contributed by atoms with Gasteiger partial charge in [0.25, 0.3) is 0 Å². The lowest BCUT2D eigenvalue weighted by molar-refractivity contribution is 0.544. The molecule has 0 saturated carbocycles. The van der Waals surface area contributed by atoms with Crippen LogP contribution >= 0.6 is 22.9 Å². The van der Waals surface area contributed by atoms with Gasteiger partial charge < -0.3 is 4.57 Å². The van der Waals surface area contributed by atoms with Gasteiger partial charge in [-0.1, -0.05) is 0 Å². The van der Waals surface area contributed by atoms with E-state index in [1.165, 1.54) is 9.75 Å². The van der Waals surface area contributed by atoms with Gasteiger partial charge in [0.05, 0.1) is 5.88 Å². The molecule has 0 aliphatic rings. The molecule has 3 rings (SSSR count). The topological polar surface area (TPSA) is 30.7 Å². The number of aryl methyl sites for hydroxylation is 2. The highest BCUT2D eigenvalue weighted by Crippen LogP contribution is 2.27. The number of imidazole rings is 1. The summed E-state index contributed by atoms with van der Waals surface area (Å²) in [6, 6.07) is 6.65. The van der Waals surface area contributed by atoms with Gasteiger partial charge in [-0.15, -0.1) is 22.9 Å². The SMILES string of the molecule is Cc1ccc(CC(C)n2c(CCl)nc3c(C)ccnc32)s1. The number of alkyl halides is 1. The summed E-state index contributed by atoms with van der Waals surface area (Å²) in [6.07, 6.45) is 2.82. The van der Waals surface area contributed by atoms with Crippen LogP contribution in [0.25, 0.3) is 11.2 Å². The molecule has 0 bridgehead atoms. The number of fused-ring (bicyclic) bond motifs is 1. The number of nitrogens with zero attached hydrogens (tertiary/aromatic N) is 3. The van der Waals surface area contributed by atoms with Crippen molar-refractivity contribution in [2.45, 2.75) is 39.1 Å². The van der Waals surface area contributed by atoms with Crippen LogP contribution in [0.5, 0.6) is 0 Å². The van der Waals surface area contributed by atoms with E-state index in [0.29, 0.717) is 5.88 Å². The van der Waals surface area contributed by atoms with E-state index < -0.39 is 0 Å². The number of pyridine rings is 1. The Balaban J connectivity index is 2.03. The second-order valence-electron chi connectivity index (χ2n) is 5.40. The van der Waals surface area contributed by atoms with Crippen LogP contribution in [0, 0.1) is 13.8 Å². The van der Waals surface area contributed by atoms with Crippen LogP contribution in [0.1, 0.15) is 34.1 Å². The van der Waals surface area contributed by atoms with Crippen molar-refractivity contribution in [2.75, 3.05) is 0 Å². The molecule has 0 aliphatic carbocycles. The second kappa shape index (κ2) is 5.78. The molecule has 21 heavy (non-hydrogen) atoms. The lowest BCUT2D eigenvalue weighted by atomic mass is 10.2. The maximum Gasteiger partial charge on any atom is 0.160 e. The Labute approximate surface area is 133 Å². The molecule has 1 unspecified atom stereocenters. The van der Waals surface area contributed by atoms with Crippen LogP contribution < -0.4 is 0 Å². The van der Waals surface area contributed by atoms with Crippen LogP contribution in [0.3, 0.4) is 0 Å². The molecular weight excluding hydrogens is 302 g/mol. The van der Waals surface area contributed by atoms with Crippen molar-refractivity contribution in [1.82, 2.24) is 14.5 Å². The van der Waals surface area contributed by atoms with Crippen LogP contribution in [0.2, 0.25) is 0 Å². The quantitative estimate of drug-likeness (QED) is 0.655. The van der Waals surface area contributed by atoms with Crippen molar-refractivity contribution in [3.05, 3.63) is 45.5 Å². The Morgan fingerprint density at radius 2 is 2.10 bits per heavy atom. The molecule has 3 aromatic heterocycles. The molecule has 0 spiro atoms. The average molecular weight is 320 g/mol. The third-order valence-corrected chi connectivity index (χ3v) is 4.97. The van der Waals surface area contributed by atoms with E-state index in [1.54, 1.807) is 0 Å². The van der Waals surface area contributed by atoms with E-state index in [9.17, 15) is 0 Å². The maximum atomic E-state index is 6.10. The molecule has 3 heterocycles. The summed E-state index contributed by atoms with van der Waals surface area (Å²) in [6.45, 7) is 6.41. The van der Waals surface area contributed by atoms with Crippen molar-refractivity contribution in [2.24, 2.45) is 0 Å². The van der Waals surface area contributed by atoms with Gasteiger partial charge in [0.15, 0.2) is 5.65 Å². The summed E-state index contributed by atoms with van der Waals surface area (Å²) < 4.78 is 2.18. The minimum absolute atomic E-state index is 0.288. The molecule has 3 nitrogen and oxygen atoms in total. The van der Waals surface area contributed by atoms with Crippen LogP contribution in [-0.4, -0.2) is 14.5 Å². The predicted octanol–water partition coefficient (Wildman–Crippen LogP) is 4.65. The summed E-state index contributed by atoms with van der Waals surface area (Å²) in [4.78, 5) is 11.9. The van der Waals surface area contributed by atoms with Gasteiger partial charge in [-0.25, -0.2) is 9.97 Å². The summed E-state index contributed by atoms with van der Waals surface area (Å²) in [7, 11) is 0. The molecule has 0 radical (unpaired) electrons. The van der Waals surface area contributed by atoms with E-state index in [4.69, 9.17) is 11.6 Å². The number of hydrogen-bond donors (Lipinski definition) is 0. The standard InChI is InChI=1S/C16H18ClN3S/c1-10-6-7-18-16-15(10)19-14(9-17)20(16)11(2)8-13-5-4-12(3)21-13/h4-7,11H,8-9H2,1-3H3. The first-order valence-corrected chi connectivity index (χ1v) is 8.39. The first-order valence-electron chi connectivity index (χ1n) is 7.04. The number of thiophene rings is 1. The fourth-order valence-electron chi connectivity index (χ4n) is 2.69. The van der Waals surface area contributed by atoms with E-state index in [0.717, 1.165) is 29.0 Å². The van der Waals surface area contributed by atoms with Crippen LogP contribution in [-0.2, 0) is 12.3 Å². The number of hydrogen-bond acceptors (Lipinski definition) is 3. The Kier molecular flexibility index (Phi) is 4.00. The van der Waals surface area contributed by atoms with Gasteiger partial charge in [-0.3, -0.25) is 0 Å². The van der Waals surface area contributed by atoms with Gasteiger partial charge in [0.2, 0.25) is 0 Å². The zero-order valence-electron chi connectivity index (χ0n) is 12.4. The third kappa shape index (κ3) is 2.70. The van der Waals surface area contributed by atoms with Gasteiger partial charge in [0, 0.05) is 28.4 Å².